The molecule has 32 heavy (non-hydrogen) atoms. The average molecular weight is 451 g/mol. The van der Waals surface area contributed by atoms with E-state index in [4.69, 9.17) is 4.74 Å². The molecule has 0 unspecified atom stereocenters. The summed E-state index contributed by atoms with van der Waals surface area (Å²) >= 11 is 0. The molecule has 0 amide bonds. The zero-order valence-corrected chi connectivity index (χ0v) is 18.6. The standard InChI is InChI=1S/C27H34F4O/c28-24-17-22(21-11-2-1-3-12-21)18-25(29)27(24,32-26(30)31)23-15-13-20(14-16-23)10-6-9-19-7-4-5-8-19/h1-3,11-12,17-20,22-23,26H,4-10,13-16H2/t20-,22?,23-,27?. The summed E-state index contributed by atoms with van der Waals surface area (Å²) in [5.41, 5.74) is -1.57. The van der Waals surface area contributed by atoms with Crippen LogP contribution in [0.15, 0.2) is 54.1 Å². The predicted octanol–water partition coefficient (Wildman–Crippen LogP) is 8.64. The van der Waals surface area contributed by atoms with Crippen LogP contribution in [-0.4, -0.2) is 12.2 Å². The van der Waals surface area contributed by atoms with Crippen LogP contribution in [0.25, 0.3) is 0 Å². The summed E-state index contributed by atoms with van der Waals surface area (Å²) in [6, 6.07) is 8.95. The molecule has 0 atom stereocenters. The van der Waals surface area contributed by atoms with Gasteiger partial charge in [0.2, 0.25) is 0 Å². The molecule has 0 radical (unpaired) electrons. The SMILES string of the molecule is FC1=CC(c2ccccc2)C=C(F)C1(OC(F)F)[C@H]1CC[C@H](CCCC2CCCC2)CC1. The van der Waals surface area contributed by atoms with Crippen LogP contribution < -0.4 is 0 Å². The van der Waals surface area contributed by atoms with Crippen molar-refractivity contribution in [1.82, 2.24) is 0 Å². The van der Waals surface area contributed by atoms with Crippen LogP contribution >= 0.6 is 0 Å². The minimum absolute atomic E-state index is 0.499. The van der Waals surface area contributed by atoms with Crippen LogP contribution in [0.3, 0.4) is 0 Å². The molecule has 0 heterocycles. The van der Waals surface area contributed by atoms with E-state index in [9.17, 15) is 8.78 Å². The Kier molecular flexibility index (Phi) is 7.75. The molecule has 3 aliphatic rings. The number of halogens is 4. The fourth-order valence-electron chi connectivity index (χ4n) is 6.18. The van der Waals surface area contributed by atoms with Crippen molar-refractivity contribution < 1.29 is 22.3 Å². The Morgan fingerprint density at radius 1 is 0.812 bits per heavy atom. The van der Waals surface area contributed by atoms with Gasteiger partial charge in [0.25, 0.3) is 0 Å². The highest BCUT2D eigenvalue weighted by Crippen LogP contribution is 2.51. The second-order valence-corrected chi connectivity index (χ2v) is 9.88. The molecule has 4 rings (SSSR count). The molecule has 0 spiro atoms. The van der Waals surface area contributed by atoms with E-state index in [1.165, 1.54) is 50.7 Å². The summed E-state index contributed by atoms with van der Waals surface area (Å²) in [5, 5.41) is 0. The molecule has 1 aromatic carbocycles. The van der Waals surface area contributed by atoms with Crippen LogP contribution in [0, 0.1) is 17.8 Å². The van der Waals surface area contributed by atoms with Gasteiger partial charge in [0.05, 0.1) is 0 Å². The minimum atomic E-state index is -3.24. The van der Waals surface area contributed by atoms with Gasteiger partial charge in [-0.05, 0) is 42.4 Å². The van der Waals surface area contributed by atoms with Crippen LogP contribution in [0.1, 0.15) is 82.1 Å². The Morgan fingerprint density at radius 3 is 1.94 bits per heavy atom. The van der Waals surface area contributed by atoms with Crippen LogP contribution in [0.2, 0.25) is 0 Å². The maximum atomic E-state index is 15.4. The summed E-state index contributed by atoms with van der Waals surface area (Å²) < 4.78 is 62.4. The summed E-state index contributed by atoms with van der Waals surface area (Å²) in [7, 11) is 0. The summed E-state index contributed by atoms with van der Waals surface area (Å²) in [4.78, 5) is 0. The Balaban J connectivity index is 1.42. The maximum Gasteiger partial charge on any atom is 0.346 e. The first kappa shape index (κ1) is 23.5. The second kappa shape index (κ2) is 10.5. The Labute approximate surface area is 188 Å². The Hall–Kier alpha value is -1.62. The lowest BCUT2D eigenvalue weighted by Gasteiger charge is -2.43. The zero-order chi connectivity index (χ0) is 22.6. The molecule has 0 saturated heterocycles. The van der Waals surface area contributed by atoms with E-state index in [1.54, 1.807) is 24.3 Å². The Morgan fingerprint density at radius 2 is 1.38 bits per heavy atom. The smallest absolute Gasteiger partial charge is 0.301 e. The molecule has 176 valence electrons. The molecule has 2 fully saturated rings. The Bertz CT molecular complexity index is 769. The van der Waals surface area contributed by atoms with Gasteiger partial charge in [-0.25, -0.2) is 8.78 Å². The molecule has 0 aliphatic heterocycles. The molecule has 3 aliphatic carbocycles. The topological polar surface area (TPSA) is 9.23 Å². The van der Waals surface area contributed by atoms with Crippen molar-refractivity contribution in [2.24, 2.45) is 17.8 Å². The molecule has 2 saturated carbocycles. The summed E-state index contributed by atoms with van der Waals surface area (Å²) in [5.74, 6) is -1.71. The molecule has 1 nitrogen and oxygen atoms in total. The zero-order valence-electron chi connectivity index (χ0n) is 18.6. The minimum Gasteiger partial charge on any atom is -0.301 e. The van der Waals surface area contributed by atoms with Crippen molar-refractivity contribution in [3.8, 4) is 0 Å². The lowest BCUT2D eigenvalue weighted by atomic mass is 9.69. The van der Waals surface area contributed by atoms with Gasteiger partial charge in [0.1, 0.15) is 11.7 Å². The van der Waals surface area contributed by atoms with Crippen LogP contribution in [-0.2, 0) is 4.74 Å². The van der Waals surface area contributed by atoms with Crippen LogP contribution in [0.5, 0.6) is 0 Å². The number of rotatable bonds is 8. The second-order valence-electron chi connectivity index (χ2n) is 9.88. The summed E-state index contributed by atoms with van der Waals surface area (Å²) in [6.07, 6.45) is 14.1. The van der Waals surface area contributed by atoms with Gasteiger partial charge in [0.15, 0.2) is 5.60 Å². The quantitative estimate of drug-likeness (QED) is 0.360. The highest BCUT2D eigenvalue weighted by molar-refractivity contribution is 5.41. The van der Waals surface area contributed by atoms with E-state index in [-0.39, 0.29) is 0 Å². The number of benzene rings is 1. The molecular formula is C27H34F4O. The predicted molar refractivity (Wildman–Crippen MR) is 119 cm³/mol. The van der Waals surface area contributed by atoms with E-state index >= 15 is 8.78 Å². The van der Waals surface area contributed by atoms with Crippen molar-refractivity contribution in [3.05, 3.63) is 59.7 Å². The first-order chi connectivity index (χ1) is 15.5. The van der Waals surface area contributed by atoms with E-state index < -0.39 is 35.7 Å². The molecule has 0 aromatic heterocycles. The number of hydrogen-bond donors (Lipinski definition) is 0. The number of hydrogen-bond acceptors (Lipinski definition) is 1. The van der Waals surface area contributed by atoms with Gasteiger partial charge in [-0.1, -0.05) is 88.1 Å². The lowest BCUT2D eigenvalue weighted by molar-refractivity contribution is -0.215. The molecule has 0 bridgehead atoms. The average Bonchev–Trinajstić information content (AvgIpc) is 3.31. The van der Waals surface area contributed by atoms with Crippen LogP contribution in [0.4, 0.5) is 17.6 Å². The molecular weight excluding hydrogens is 416 g/mol. The summed E-state index contributed by atoms with van der Waals surface area (Å²) in [6.45, 7) is -3.24. The van der Waals surface area contributed by atoms with Gasteiger partial charge in [-0.2, -0.15) is 8.78 Å². The van der Waals surface area contributed by atoms with Crippen molar-refractivity contribution in [2.45, 2.75) is 88.8 Å². The maximum absolute atomic E-state index is 15.4. The fraction of sp³-hybridized carbons (Fsp3) is 0.630. The van der Waals surface area contributed by atoms with E-state index in [2.05, 4.69) is 0 Å². The van der Waals surface area contributed by atoms with Crippen molar-refractivity contribution in [3.63, 3.8) is 0 Å². The van der Waals surface area contributed by atoms with Crippen molar-refractivity contribution in [2.75, 3.05) is 0 Å². The van der Waals surface area contributed by atoms with E-state index in [0.717, 1.165) is 30.7 Å². The molecule has 1 aromatic rings. The lowest BCUT2D eigenvalue weighted by Crippen LogP contribution is -2.47. The van der Waals surface area contributed by atoms with Gasteiger partial charge in [0, 0.05) is 11.8 Å². The van der Waals surface area contributed by atoms with Crippen molar-refractivity contribution in [1.29, 1.82) is 0 Å². The van der Waals surface area contributed by atoms with Crippen molar-refractivity contribution >= 4 is 0 Å². The van der Waals surface area contributed by atoms with Gasteiger partial charge < -0.3 is 4.74 Å². The highest BCUT2D eigenvalue weighted by atomic mass is 19.3. The monoisotopic (exact) mass is 450 g/mol. The number of allylic oxidation sites excluding steroid dienone is 2. The largest absolute Gasteiger partial charge is 0.346 e. The molecule has 5 heteroatoms. The third kappa shape index (κ3) is 5.13. The normalized spacial score (nSPS) is 31.6. The van der Waals surface area contributed by atoms with E-state index in [1.807, 2.05) is 6.07 Å². The van der Waals surface area contributed by atoms with E-state index in [0.29, 0.717) is 18.8 Å². The third-order valence-corrected chi connectivity index (χ3v) is 7.94. The first-order valence-corrected chi connectivity index (χ1v) is 12.3. The number of ether oxygens (including phenoxy) is 1. The number of alkyl halides is 2. The van der Waals surface area contributed by atoms with Gasteiger partial charge in [-0.15, -0.1) is 0 Å². The third-order valence-electron chi connectivity index (χ3n) is 7.94. The first-order valence-electron chi connectivity index (χ1n) is 12.3. The van der Waals surface area contributed by atoms with Gasteiger partial charge >= 0.3 is 6.61 Å². The highest BCUT2D eigenvalue weighted by Gasteiger charge is 2.53. The molecule has 0 N–H and O–H groups in total. The van der Waals surface area contributed by atoms with Gasteiger partial charge in [-0.3, -0.25) is 0 Å². The fourth-order valence-corrected chi connectivity index (χ4v) is 6.18.